The van der Waals surface area contributed by atoms with Crippen LogP contribution in [-0.4, -0.2) is 31.5 Å². The fourth-order valence-electron chi connectivity index (χ4n) is 2.65. The topological polar surface area (TPSA) is 105 Å². The number of aromatic nitrogens is 4. The van der Waals surface area contributed by atoms with Gasteiger partial charge >= 0.3 is 11.8 Å². The minimum absolute atomic E-state index is 0.0640. The number of amides is 1. The molecule has 0 saturated carbocycles. The number of primary amides is 1. The second-order valence-electron chi connectivity index (χ2n) is 7.10. The van der Waals surface area contributed by atoms with Gasteiger partial charge in [-0.2, -0.15) is 5.10 Å². The van der Waals surface area contributed by atoms with Gasteiger partial charge in [-0.05, 0) is 34.5 Å². The van der Waals surface area contributed by atoms with Crippen LogP contribution in [0.2, 0.25) is 0 Å². The van der Waals surface area contributed by atoms with Crippen LogP contribution < -0.4 is 11.4 Å². The van der Waals surface area contributed by atoms with Crippen molar-refractivity contribution < 1.29 is 13.9 Å². The van der Waals surface area contributed by atoms with E-state index in [9.17, 15) is 14.0 Å². The lowest BCUT2D eigenvalue weighted by Crippen LogP contribution is -2.38. The third kappa shape index (κ3) is 4.82. The lowest BCUT2D eigenvalue weighted by atomic mass is 9.84. The van der Waals surface area contributed by atoms with Crippen molar-refractivity contribution in [2.75, 3.05) is 0 Å². The first kappa shape index (κ1) is 20.8. The highest BCUT2D eigenvalue weighted by Gasteiger charge is 2.32. The first-order valence-corrected chi connectivity index (χ1v) is 8.86. The zero-order valence-corrected chi connectivity index (χ0v) is 17.0. The number of ether oxygens (including phenoxy) is 1. The third-order valence-corrected chi connectivity index (χ3v) is 4.24. The van der Waals surface area contributed by atoms with Crippen LogP contribution in [0.5, 0.6) is 0 Å². The average molecular weight is 442 g/mol. The van der Waals surface area contributed by atoms with Crippen LogP contribution in [0, 0.1) is 12.3 Å². The van der Waals surface area contributed by atoms with Crippen LogP contribution in [0.4, 0.5) is 9.18 Å². The number of hydrogen-bond donors (Lipinski definition) is 1. The molecule has 0 fully saturated rings. The Bertz CT molecular complexity index is 929. The Kier molecular flexibility index (Phi) is 6.19. The van der Waals surface area contributed by atoms with Gasteiger partial charge in [0.25, 0.3) is 0 Å². The molecule has 2 heterocycles. The molecule has 2 N–H and O–H groups in total. The molecule has 0 aliphatic carbocycles. The van der Waals surface area contributed by atoms with E-state index in [4.69, 9.17) is 10.5 Å². The molecule has 8 nitrogen and oxygen atoms in total. The molecular formula is C17H21BrFN5O3. The van der Waals surface area contributed by atoms with E-state index in [1.165, 1.54) is 10.9 Å². The van der Waals surface area contributed by atoms with E-state index < -0.39 is 23.3 Å². The Hall–Kier alpha value is -2.49. The Balaban J connectivity index is 2.38. The number of carbonyl (C=O) groups is 1. The van der Waals surface area contributed by atoms with Gasteiger partial charge in [0.1, 0.15) is 18.2 Å². The maximum Gasteiger partial charge on any atom is 0.405 e. The van der Waals surface area contributed by atoms with E-state index in [0.29, 0.717) is 12.1 Å². The van der Waals surface area contributed by atoms with Crippen molar-refractivity contribution in [3.63, 3.8) is 0 Å². The van der Waals surface area contributed by atoms with E-state index >= 15 is 0 Å². The van der Waals surface area contributed by atoms with Gasteiger partial charge in [0.15, 0.2) is 0 Å². The molecule has 0 aromatic carbocycles. The van der Waals surface area contributed by atoms with Gasteiger partial charge < -0.3 is 10.5 Å². The Morgan fingerprint density at radius 2 is 2.15 bits per heavy atom. The Morgan fingerprint density at radius 3 is 2.67 bits per heavy atom. The second-order valence-corrected chi connectivity index (χ2v) is 8.02. The van der Waals surface area contributed by atoms with Crippen LogP contribution in [0.15, 0.2) is 39.8 Å². The fourth-order valence-corrected chi connectivity index (χ4v) is 3.09. The summed E-state index contributed by atoms with van der Waals surface area (Å²) in [6, 6.07) is 1.81. The molecule has 10 heteroatoms. The predicted octanol–water partition coefficient (Wildman–Crippen LogP) is 2.86. The van der Waals surface area contributed by atoms with Gasteiger partial charge in [-0.1, -0.05) is 20.8 Å². The molecule has 27 heavy (non-hydrogen) atoms. The zero-order chi connectivity index (χ0) is 20.4. The van der Waals surface area contributed by atoms with Crippen molar-refractivity contribution >= 4 is 22.0 Å². The Morgan fingerprint density at radius 1 is 1.48 bits per heavy atom. The fraction of sp³-hybridized carbons (Fsp3) is 0.412. The minimum Gasteiger partial charge on any atom is -0.441 e. The molecule has 146 valence electrons. The molecular weight excluding hydrogens is 421 g/mol. The van der Waals surface area contributed by atoms with Crippen molar-refractivity contribution in [2.45, 2.75) is 40.3 Å². The molecule has 1 amide bonds. The molecule has 0 radical (unpaired) electrons. The van der Waals surface area contributed by atoms with Gasteiger partial charge in [-0.15, -0.1) is 0 Å². The van der Waals surface area contributed by atoms with E-state index in [0.717, 1.165) is 14.7 Å². The standard InChI is InChI=1S/C17H21BrFN5O3/c1-10-5-12(18)7-21-14(10)23-9-22-24(16(23)26)8-11(6-19)13(17(2,3)4)27-15(20)25/h5-7,9,13H,8H2,1-4H3,(H2,20,25). The summed E-state index contributed by atoms with van der Waals surface area (Å²) >= 11 is 3.32. The molecule has 2 aromatic heterocycles. The normalized spacial score (nSPS) is 13.5. The number of nitrogens with two attached hydrogens (primary N) is 1. The van der Waals surface area contributed by atoms with Gasteiger partial charge in [0, 0.05) is 21.7 Å². The molecule has 0 aliphatic heterocycles. The van der Waals surface area contributed by atoms with Crippen LogP contribution in [0.1, 0.15) is 26.3 Å². The second kappa shape index (κ2) is 8.03. The number of pyridine rings is 1. The summed E-state index contributed by atoms with van der Waals surface area (Å²) in [4.78, 5) is 28.1. The Labute approximate surface area is 164 Å². The molecule has 0 bridgehead atoms. The van der Waals surface area contributed by atoms with Crippen LogP contribution >= 0.6 is 15.9 Å². The molecule has 1 atom stereocenters. The van der Waals surface area contributed by atoms with Crippen LogP contribution in [0.25, 0.3) is 5.82 Å². The lowest BCUT2D eigenvalue weighted by molar-refractivity contribution is 0.0566. The molecule has 2 aromatic rings. The first-order valence-electron chi connectivity index (χ1n) is 8.06. The van der Waals surface area contributed by atoms with Gasteiger partial charge in [-0.3, -0.25) is 0 Å². The number of carbonyl (C=O) groups excluding carboxylic acids is 1. The maximum atomic E-state index is 13.6. The van der Waals surface area contributed by atoms with Gasteiger partial charge in [-0.25, -0.2) is 28.2 Å². The number of aryl methyl sites for hydroxylation is 1. The largest absolute Gasteiger partial charge is 0.441 e. The highest BCUT2D eigenvalue weighted by molar-refractivity contribution is 9.10. The summed E-state index contributed by atoms with van der Waals surface area (Å²) in [5.74, 6) is 0.418. The smallest absolute Gasteiger partial charge is 0.405 e. The van der Waals surface area contributed by atoms with Crippen LogP contribution in [0.3, 0.4) is 0 Å². The maximum absolute atomic E-state index is 13.6. The summed E-state index contributed by atoms with van der Waals surface area (Å²) in [7, 11) is 0. The highest BCUT2D eigenvalue weighted by atomic mass is 79.9. The monoisotopic (exact) mass is 441 g/mol. The summed E-state index contributed by atoms with van der Waals surface area (Å²) < 4.78 is 21.8. The number of hydrogen-bond acceptors (Lipinski definition) is 5. The number of halogens is 2. The van der Waals surface area contributed by atoms with Crippen molar-refractivity contribution in [1.29, 1.82) is 0 Å². The molecule has 0 aliphatic rings. The summed E-state index contributed by atoms with van der Waals surface area (Å²) in [5, 5.41) is 4.02. The molecule has 2 rings (SSSR count). The molecule has 1 unspecified atom stereocenters. The minimum atomic E-state index is -1.03. The van der Waals surface area contributed by atoms with Crippen molar-refractivity contribution in [3.8, 4) is 5.82 Å². The average Bonchev–Trinajstić information content (AvgIpc) is 2.90. The molecule has 0 spiro atoms. The predicted molar refractivity (Wildman–Crippen MR) is 101 cm³/mol. The molecule has 0 saturated heterocycles. The van der Waals surface area contributed by atoms with E-state index in [1.54, 1.807) is 33.9 Å². The van der Waals surface area contributed by atoms with Crippen LogP contribution in [-0.2, 0) is 11.3 Å². The lowest BCUT2D eigenvalue weighted by Gasteiger charge is -2.31. The van der Waals surface area contributed by atoms with Crippen molar-refractivity contribution in [1.82, 2.24) is 19.3 Å². The summed E-state index contributed by atoms with van der Waals surface area (Å²) in [5.41, 5.74) is 4.79. The van der Waals surface area contributed by atoms with Gasteiger partial charge in [0.2, 0.25) is 0 Å². The zero-order valence-electron chi connectivity index (χ0n) is 15.4. The quantitative estimate of drug-likeness (QED) is 0.767. The van der Waals surface area contributed by atoms with E-state index in [2.05, 4.69) is 26.0 Å². The highest BCUT2D eigenvalue weighted by Crippen LogP contribution is 2.29. The summed E-state index contributed by atoms with van der Waals surface area (Å²) in [6.45, 7) is 6.90. The van der Waals surface area contributed by atoms with E-state index in [-0.39, 0.29) is 12.1 Å². The van der Waals surface area contributed by atoms with Gasteiger partial charge in [0.05, 0.1) is 12.9 Å². The summed E-state index contributed by atoms with van der Waals surface area (Å²) in [6.07, 6.45) is 1.21. The number of rotatable bonds is 5. The first-order chi connectivity index (χ1) is 12.5. The SMILES string of the molecule is Cc1cc(Br)cnc1-n1cnn(CC(=CF)C(OC(N)=O)C(C)(C)C)c1=O. The van der Waals surface area contributed by atoms with E-state index in [1.807, 2.05) is 6.07 Å². The number of nitrogens with zero attached hydrogens (tertiary/aromatic N) is 4. The van der Waals surface area contributed by atoms with Crippen molar-refractivity contribution in [2.24, 2.45) is 11.1 Å². The third-order valence-electron chi connectivity index (χ3n) is 3.81. The van der Waals surface area contributed by atoms with Crippen molar-refractivity contribution in [3.05, 3.63) is 51.0 Å².